The summed E-state index contributed by atoms with van der Waals surface area (Å²) in [6, 6.07) is 5.88. The van der Waals surface area contributed by atoms with Crippen molar-refractivity contribution in [3.05, 3.63) is 34.1 Å². The van der Waals surface area contributed by atoms with E-state index in [9.17, 15) is 4.39 Å². The first kappa shape index (κ1) is 17.0. The van der Waals surface area contributed by atoms with Crippen molar-refractivity contribution in [1.82, 2.24) is 5.32 Å². The van der Waals surface area contributed by atoms with E-state index >= 15 is 0 Å². The molecule has 1 fully saturated rings. The summed E-state index contributed by atoms with van der Waals surface area (Å²) in [5.41, 5.74) is 1.06. The molecule has 0 aliphatic heterocycles. The Balaban J connectivity index is 2.11. The first-order valence-electron chi connectivity index (χ1n) is 8.00. The van der Waals surface area contributed by atoms with Crippen LogP contribution in [0, 0.1) is 17.2 Å². The number of hydrogen-bond acceptors (Lipinski definition) is 1. The zero-order valence-corrected chi connectivity index (χ0v) is 15.1. The van der Waals surface area contributed by atoms with E-state index in [0.29, 0.717) is 17.4 Å². The molecule has 0 bridgehead atoms. The van der Waals surface area contributed by atoms with Crippen LogP contribution in [0.3, 0.4) is 0 Å². The van der Waals surface area contributed by atoms with Gasteiger partial charge in [0.25, 0.3) is 0 Å². The molecule has 1 aliphatic carbocycles. The van der Waals surface area contributed by atoms with Crippen molar-refractivity contribution >= 4 is 15.9 Å². The maximum Gasteiger partial charge on any atom is 0.129 e. The average Bonchev–Trinajstić information content (AvgIpc) is 2.37. The molecule has 1 nitrogen and oxygen atoms in total. The highest BCUT2D eigenvalue weighted by molar-refractivity contribution is 9.10. The van der Waals surface area contributed by atoms with Crippen LogP contribution in [-0.2, 0) is 0 Å². The van der Waals surface area contributed by atoms with Crippen molar-refractivity contribution in [3.8, 4) is 0 Å². The van der Waals surface area contributed by atoms with Gasteiger partial charge in [-0.1, -0.05) is 55.6 Å². The lowest BCUT2D eigenvalue weighted by Gasteiger charge is -2.42. The molecular weight excluding hydrogens is 329 g/mol. The Morgan fingerprint density at radius 3 is 2.52 bits per heavy atom. The third kappa shape index (κ3) is 4.29. The molecule has 0 saturated heterocycles. The third-order valence-corrected chi connectivity index (χ3v) is 5.26. The Kier molecular flexibility index (Phi) is 5.48. The van der Waals surface area contributed by atoms with Crippen LogP contribution >= 0.6 is 15.9 Å². The zero-order chi connectivity index (χ0) is 15.6. The molecule has 0 amide bonds. The second kappa shape index (κ2) is 6.78. The monoisotopic (exact) mass is 355 g/mol. The van der Waals surface area contributed by atoms with Crippen LogP contribution in [0.4, 0.5) is 4.39 Å². The van der Waals surface area contributed by atoms with Crippen LogP contribution in [-0.4, -0.2) is 6.04 Å². The topological polar surface area (TPSA) is 12.0 Å². The molecular formula is C18H27BrFN. The van der Waals surface area contributed by atoms with E-state index in [0.717, 1.165) is 10.0 Å². The zero-order valence-electron chi connectivity index (χ0n) is 13.5. The van der Waals surface area contributed by atoms with E-state index in [4.69, 9.17) is 0 Å². The summed E-state index contributed by atoms with van der Waals surface area (Å²) >= 11 is 3.32. The molecule has 0 heterocycles. The van der Waals surface area contributed by atoms with Crippen molar-refractivity contribution in [1.29, 1.82) is 0 Å². The lowest BCUT2D eigenvalue weighted by atomic mass is 9.69. The van der Waals surface area contributed by atoms with Gasteiger partial charge >= 0.3 is 0 Å². The highest BCUT2D eigenvalue weighted by Crippen LogP contribution is 2.39. The second-order valence-electron chi connectivity index (χ2n) is 7.42. The van der Waals surface area contributed by atoms with Crippen molar-refractivity contribution in [2.75, 3.05) is 0 Å². The normalized spacial score (nSPS) is 24.9. The van der Waals surface area contributed by atoms with Crippen molar-refractivity contribution < 1.29 is 4.39 Å². The summed E-state index contributed by atoms with van der Waals surface area (Å²) in [6.45, 7) is 9.04. The minimum absolute atomic E-state index is 0.0473. The van der Waals surface area contributed by atoms with Crippen molar-refractivity contribution in [2.24, 2.45) is 11.3 Å². The van der Waals surface area contributed by atoms with E-state index < -0.39 is 0 Å². The first-order valence-corrected chi connectivity index (χ1v) is 8.79. The predicted octanol–water partition coefficient (Wildman–Crippen LogP) is 5.84. The molecule has 118 valence electrons. The van der Waals surface area contributed by atoms with Gasteiger partial charge in [-0.3, -0.25) is 0 Å². The third-order valence-electron chi connectivity index (χ3n) is 4.77. The van der Waals surface area contributed by atoms with Crippen LogP contribution in [0.1, 0.15) is 65.0 Å². The maximum atomic E-state index is 14.1. The lowest BCUT2D eigenvalue weighted by Crippen LogP contribution is -2.45. The number of hydrogen-bond donors (Lipinski definition) is 1. The van der Waals surface area contributed by atoms with Gasteiger partial charge in [0, 0.05) is 22.1 Å². The Morgan fingerprint density at radius 1 is 1.24 bits per heavy atom. The Labute approximate surface area is 136 Å². The first-order chi connectivity index (χ1) is 9.79. The van der Waals surface area contributed by atoms with Gasteiger partial charge in [0.1, 0.15) is 5.82 Å². The Bertz CT molecular complexity index is 481. The standard InChI is InChI=1S/C18H27BrFN/c1-12(14-10-9-13(19)11-16(14)20)21-17-8-6-5-7-15(17)18(2,3)4/h9-12,15,17,21H,5-8H2,1-4H3. The van der Waals surface area contributed by atoms with Gasteiger partial charge in [-0.05, 0) is 43.2 Å². The van der Waals surface area contributed by atoms with Crippen LogP contribution in [0.15, 0.2) is 22.7 Å². The van der Waals surface area contributed by atoms with Crippen LogP contribution in [0.5, 0.6) is 0 Å². The molecule has 0 spiro atoms. The van der Waals surface area contributed by atoms with Crippen molar-refractivity contribution in [3.63, 3.8) is 0 Å². The molecule has 2 rings (SSSR count). The molecule has 1 N–H and O–H groups in total. The molecule has 1 aromatic rings. The lowest BCUT2D eigenvalue weighted by molar-refractivity contribution is 0.124. The van der Waals surface area contributed by atoms with Crippen LogP contribution in [0.2, 0.25) is 0 Å². The molecule has 0 radical (unpaired) electrons. The number of nitrogens with one attached hydrogen (secondary N) is 1. The smallest absolute Gasteiger partial charge is 0.129 e. The number of rotatable bonds is 3. The van der Waals surface area contributed by atoms with Crippen molar-refractivity contribution in [2.45, 2.75) is 65.5 Å². The fourth-order valence-electron chi connectivity index (χ4n) is 3.63. The van der Waals surface area contributed by atoms with E-state index in [-0.39, 0.29) is 11.9 Å². The molecule has 3 atom stereocenters. The second-order valence-corrected chi connectivity index (χ2v) is 8.33. The number of halogens is 2. The van der Waals surface area contributed by atoms with E-state index in [1.165, 1.54) is 25.7 Å². The summed E-state index contributed by atoms with van der Waals surface area (Å²) in [7, 11) is 0. The summed E-state index contributed by atoms with van der Waals surface area (Å²) in [6.07, 6.45) is 5.07. The van der Waals surface area contributed by atoms with E-state index in [2.05, 4.69) is 48.9 Å². The molecule has 1 aliphatic rings. The van der Waals surface area contributed by atoms with Crippen LogP contribution < -0.4 is 5.32 Å². The van der Waals surface area contributed by atoms with E-state index in [1.807, 2.05) is 12.1 Å². The van der Waals surface area contributed by atoms with Crippen LogP contribution in [0.25, 0.3) is 0 Å². The molecule has 3 unspecified atom stereocenters. The Hall–Kier alpha value is -0.410. The molecule has 0 aromatic heterocycles. The summed E-state index contributed by atoms with van der Waals surface area (Å²) < 4.78 is 14.9. The fraction of sp³-hybridized carbons (Fsp3) is 0.667. The predicted molar refractivity (Wildman–Crippen MR) is 90.9 cm³/mol. The van der Waals surface area contributed by atoms with Gasteiger partial charge in [0.15, 0.2) is 0 Å². The largest absolute Gasteiger partial charge is 0.307 e. The highest BCUT2D eigenvalue weighted by Gasteiger charge is 2.34. The van der Waals surface area contributed by atoms with Gasteiger partial charge in [0.2, 0.25) is 0 Å². The average molecular weight is 356 g/mol. The molecule has 1 saturated carbocycles. The molecule has 21 heavy (non-hydrogen) atoms. The summed E-state index contributed by atoms with van der Waals surface area (Å²) in [5, 5.41) is 3.70. The molecule has 1 aromatic carbocycles. The number of benzene rings is 1. The Morgan fingerprint density at radius 2 is 1.90 bits per heavy atom. The molecule has 3 heteroatoms. The highest BCUT2D eigenvalue weighted by atomic mass is 79.9. The quantitative estimate of drug-likeness (QED) is 0.717. The van der Waals surface area contributed by atoms with E-state index in [1.54, 1.807) is 6.07 Å². The maximum absolute atomic E-state index is 14.1. The van der Waals surface area contributed by atoms with Gasteiger partial charge in [-0.25, -0.2) is 4.39 Å². The summed E-state index contributed by atoms with van der Waals surface area (Å²) in [4.78, 5) is 0. The summed E-state index contributed by atoms with van der Waals surface area (Å²) in [5.74, 6) is 0.528. The minimum atomic E-state index is -0.132. The van der Waals surface area contributed by atoms with Gasteiger partial charge in [-0.2, -0.15) is 0 Å². The van der Waals surface area contributed by atoms with Gasteiger partial charge < -0.3 is 5.32 Å². The minimum Gasteiger partial charge on any atom is -0.307 e. The van der Waals surface area contributed by atoms with Gasteiger partial charge in [-0.15, -0.1) is 0 Å². The SMILES string of the molecule is CC(NC1CCCCC1C(C)(C)C)c1ccc(Br)cc1F. The van der Waals surface area contributed by atoms with Gasteiger partial charge in [0.05, 0.1) is 0 Å². The fourth-order valence-corrected chi connectivity index (χ4v) is 3.96.